The molecule has 0 saturated carbocycles. The smallest absolute Gasteiger partial charge is 0.416 e. The standard InChI is InChI=1S/C17H12F3N3O3S2/c18-17(19,20)12-5-6-21-15(9-12)26-13-3-1-11(2-4-13)14-10-27-16-22-28(24,25)8-7-23(14)16/h1-6,9-10H,7-8H2. The van der Waals surface area contributed by atoms with E-state index in [9.17, 15) is 21.6 Å². The molecule has 4 rings (SSSR count). The number of nitrogens with zero attached hydrogens (tertiary/aromatic N) is 3. The van der Waals surface area contributed by atoms with Crippen LogP contribution < -0.4 is 4.74 Å². The summed E-state index contributed by atoms with van der Waals surface area (Å²) in [6.45, 7) is 0.312. The molecule has 0 radical (unpaired) electrons. The Bertz CT molecular complexity index is 1080. The normalized spacial score (nSPS) is 18.3. The topological polar surface area (TPSA) is 71.9 Å². The highest BCUT2D eigenvalue weighted by molar-refractivity contribution is 8.17. The third kappa shape index (κ3) is 3.85. The van der Waals surface area contributed by atoms with Crippen molar-refractivity contribution in [3.8, 4) is 11.6 Å². The number of pyridine rings is 1. The van der Waals surface area contributed by atoms with Crippen molar-refractivity contribution in [1.29, 1.82) is 0 Å². The molecule has 2 aliphatic heterocycles. The molecular weight excluding hydrogens is 415 g/mol. The number of alkyl halides is 3. The lowest BCUT2D eigenvalue weighted by Crippen LogP contribution is -2.34. The Kier molecular flexibility index (Phi) is 4.58. The van der Waals surface area contributed by atoms with Gasteiger partial charge >= 0.3 is 6.18 Å². The van der Waals surface area contributed by atoms with Gasteiger partial charge in [0.1, 0.15) is 5.75 Å². The van der Waals surface area contributed by atoms with E-state index in [0.717, 1.165) is 29.6 Å². The molecule has 0 amide bonds. The zero-order valence-corrected chi connectivity index (χ0v) is 15.7. The van der Waals surface area contributed by atoms with Crippen LogP contribution in [0.2, 0.25) is 0 Å². The van der Waals surface area contributed by atoms with Crippen molar-refractivity contribution >= 4 is 32.6 Å². The SMILES string of the molecule is O=S1(=O)CCN2C(c3ccc(Oc4cc(C(F)(F)F)ccn4)cc3)=CSC2=N1. The Hall–Kier alpha value is -2.53. The number of benzene rings is 1. The fourth-order valence-corrected chi connectivity index (χ4v) is 4.83. The molecule has 146 valence electrons. The summed E-state index contributed by atoms with van der Waals surface area (Å²) in [7, 11) is -3.41. The minimum Gasteiger partial charge on any atom is -0.439 e. The number of sulfonamides is 1. The minimum atomic E-state index is -4.47. The summed E-state index contributed by atoms with van der Waals surface area (Å²) in [5.74, 6) is 0.113. The lowest BCUT2D eigenvalue weighted by molar-refractivity contribution is -0.137. The van der Waals surface area contributed by atoms with E-state index in [1.54, 1.807) is 24.3 Å². The van der Waals surface area contributed by atoms with Crippen molar-refractivity contribution in [2.24, 2.45) is 4.40 Å². The number of hydrogen-bond acceptors (Lipinski definition) is 6. The van der Waals surface area contributed by atoms with E-state index >= 15 is 0 Å². The molecule has 6 nitrogen and oxygen atoms in total. The van der Waals surface area contributed by atoms with Gasteiger partial charge in [0, 0.05) is 24.2 Å². The van der Waals surface area contributed by atoms with E-state index in [-0.39, 0.29) is 11.6 Å². The second-order valence-electron chi connectivity index (χ2n) is 5.94. The Morgan fingerprint density at radius 3 is 2.61 bits per heavy atom. The molecule has 11 heteroatoms. The Morgan fingerprint density at radius 1 is 1.14 bits per heavy atom. The fraction of sp³-hybridized carbons (Fsp3) is 0.176. The molecule has 0 spiro atoms. The van der Waals surface area contributed by atoms with Crippen LogP contribution >= 0.6 is 11.8 Å². The van der Waals surface area contributed by atoms with E-state index in [2.05, 4.69) is 9.38 Å². The first-order valence-corrected chi connectivity index (χ1v) is 10.5. The van der Waals surface area contributed by atoms with Crippen LogP contribution in [0, 0.1) is 0 Å². The predicted octanol–water partition coefficient (Wildman–Crippen LogP) is 3.94. The third-order valence-corrected chi connectivity index (χ3v) is 6.15. The number of fused-ring (bicyclic) bond motifs is 1. The second kappa shape index (κ2) is 6.82. The maximum atomic E-state index is 12.8. The summed E-state index contributed by atoms with van der Waals surface area (Å²) < 4.78 is 70.7. The van der Waals surface area contributed by atoms with E-state index in [1.807, 2.05) is 10.3 Å². The van der Waals surface area contributed by atoms with Gasteiger partial charge in [-0.05, 0) is 35.9 Å². The van der Waals surface area contributed by atoms with Gasteiger partial charge < -0.3 is 9.64 Å². The van der Waals surface area contributed by atoms with E-state index in [0.29, 0.717) is 17.5 Å². The number of thioether (sulfide) groups is 1. The average Bonchev–Trinajstić information content (AvgIpc) is 3.03. The number of amidine groups is 1. The van der Waals surface area contributed by atoms with Gasteiger partial charge in [-0.3, -0.25) is 0 Å². The number of hydrogen-bond donors (Lipinski definition) is 0. The predicted molar refractivity (Wildman–Crippen MR) is 99.3 cm³/mol. The molecule has 0 unspecified atom stereocenters. The van der Waals surface area contributed by atoms with Gasteiger partial charge in [0.05, 0.1) is 17.0 Å². The van der Waals surface area contributed by atoms with Gasteiger partial charge in [-0.15, -0.1) is 4.40 Å². The Balaban J connectivity index is 1.51. The lowest BCUT2D eigenvalue weighted by atomic mass is 10.1. The highest BCUT2D eigenvalue weighted by atomic mass is 32.2. The number of rotatable bonds is 3. The molecule has 2 aromatic rings. The highest BCUT2D eigenvalue weighted by Crippen LogP contribution is 2.36. The second-order valence-corrected chi connectivity index (χ2v) is 8.53. The minimum absolute atomic E-state index is 0.0587. The van der Waals surface area contributed by atoms with Crippen molar-refractivity contribution in [1.82, 2.24) is 9.88 Å². The molecule has 1 aromatic carbocycles. The highest BCUT2D eigenvalue weighted by Gasteiger charge is 2.32. The van der Waals surface area contributed by atoms with Crippen LogP contribution in [0.25, 0.3) is 5.70 Å². The van der Waals surface area contributed by atoms with E-state index < -0.39 is 21.8 Å². The first kappa shape index (κ1) is 18.8. The van der Waals surface area contributed by atoms with Crippen LogP contribution in [0.3, 0.4) is 0 Å². The van der Waals surface area contributed by atoms with Crippen molar-refractivity contribution < 1.29 is 26.3 Å². The quantitative estimate of drug-likeness (QED) is 0.739. The molecule has 0 saturated heterocycles. The van der Waals surface area contributed by atoms with Gasteiger partial charge in [-0.25, -0.2) is 13.4 Å². The lowest BCUT2D eigenvalue weighted by Gasteiger charge is -2.25. The van der Waals surface area contributed by atoms with Crippen LogP contribution in [0.5, 0.6) is 11.6 Å². The summed E-state index contributed by atoms with van der Waals surface area (Å²) >= 11 is 1.23. The maximum Gasteiger partial charge on any atom is 0.416 e. The summed E-state index contributed by atoms with van der Waals surface area (Å²) in [4.78, 5) is 5.61. The Labute approximate surface area is 162 Å². The van der Waals surface area contributed by atoms with Crippen molar-refractivity contribution in [2.75, 3.05) is 12.3 Å². The van der Waals surface area contributed by atoms with E-state index in [4.69, 9.17) is 4.74 Å². The van der Waals surface area contributed by atoms with Gasteiger partial charge in [0.15, 0.2) is 5.17 Å². The Morgan fingerprint density at radius 2 is 1.89 bits per heavy atom. The zero-order valence-electron chi connectivity index (χ0n) is 14.0. The van der Waals surface area contributed by atoms with Crippen molar-refractivity contribution in [3.05, 3.63) is 59.1 Å². The van der Waals surface area contributed by atoms with Crippen LogP contribution in [0.15, 0.2) is 52.4 Å². The number of aromatic nitrogens is 1. The van der Waals surface area contributed by atoms with Gasteiger partial charge in [-0.2, -0.15) is 13.2 Å². The van der Waals surface area contributed by atoms with Crippen molar-refractivity contribution in [2.45, 2.75) is 6.18 Å². The van der Waals surface area contributed by atoms with Crippen molar-refractivity contribution in [3.63, 3.8) is 0 Å². The molecular formula is C17H12F3N3O3S2. The summed E-state index contributed by atoms with van der Waals surface area (Å²) in [6.07, 6.45) is -3.43. The van der Waals surface area contributed by atoms with Crippen LogP contribution in [0.4, 0.5) is 13.2 Å². The number of halogens is 3. The first-order valence-electron chi connectivity index (χ1n) is 8.00. The van der Waals surface area contributed by atoms with E-state index in [1.165, 1.54) is 11.8 Å². The van der Waals surface area contributed by atoms with Crippen LogP contribution in [-0.4, -0.2) is 35.8 Å². The molecule has 0 N–H and O–H groups in total. The molecule has 28 heavy (non-hydrogen) atoms. The third-order valence-electron chi connectivity index (χ3n) is 4.02. The summed E-state index contributed by atoms with van der Waals surface area (Å²) in [5.41, 5.74) is 0.776. The average molecular weight is 427 g/mol. The van der Waals surface area contributed by atoms with Crippen LogP contribution in [-0.2, 0) is 16.2 Å². The summed E-state index contributed by atoms with van der Waals surface area (Å²) in [5, 5.41) is 2.22. The molecule has 0 atom stereocenters. The molecule has 2 aliphatic rings. The van der Waals surface area contributed by atoms with Gasteiger partial charge in [-0.1, -0.05) is 11.8 Å². The summed E-state index contributed by atoms with van der Waals surface area (Å²) in [6, 6.07) is 8.40. The number of ether oxygens (including phenoxy) is 1. The zero-order chi connectivity index (χ0) is 19.9. The molecule has 0 aliphatic carbocycles. The first-order chi connectivity index (χ1) is 13.2. The molecule has 0 bridgehead atoms. The molecule has 3 heterocycles. The monoisotopic (exact) mass is 427 g/mol. The van der Waals surface area contributed by atoms with Crippen LogP contribution in [0.1, 0.15) is 11.1 Å². The van der Waals surface area contributed by atoms with Gasteiger partial charge in [0.2, 0.25) is 5.88 Å². The molecule has 0 fully saturated rings. The van der Waals surface area contributed by atoms with Gasteiger partial charge in [0.25, 0.3) is 10.0 Å². The molecule has 1 aromatic heterocycles. The maximum absolute atomic E-state index is 12.8. The largest absolute Gasteiger partial charge is 0.439 e. The fourth-order valence-electron chi connectivity index (χ4n) is 2.68.